The molecule has 0 aromatic heterocycles. The highest BCUT2D eigenvalue weighted by atomic mass is 16.5. The lowest BCUT2D eigenvalue weighted by Crippen LogP contribution is -2.17. The summed E-state index contributed by atoms with van der Waals surface area (Å²) in [4.78, 5) is 24.9. The summed E-state index contributed by atoms with van der Waals surface area (Å²) in [5, 5.41) is 11.3. The average Bonchev–Trinajstić information content (AvgIpc) is 2.65. The summed E-state index contributed by atoms with van der Waals surface area (Å²) in [6.45, 7) is 1.39. The first-order chi connectivity index (χ1) is 13.0. The Bertz CT molecular complexity index is 608. The molecule has 148 valence electrons. The number of hydrogen-bond acceptors (Lipinski definition) is 4. The van der Waals surface area contributed by atoms with Gasteiger partial charge in [-0.1, -0.05) is 43.7 Å². The molecule has 0 fully saturated rings. The molecule has 0 heterocycles. The van der Waals surface area contributed by atoms with Gasteiger partial charge in [0.15, 0.2) is 0 Å². The van der Waals surface area contributed by atoms with Crippen molar-refractivity contribution < 1.29 is 14.8 Å². The van der Waals surface area contributed by atoms with E-state index in [9.17, 15) is 9.59 Å². The minimum atomic E-state index is -0.334. The Morgan fingerprint density at radius 1 is 1.00 bits per heavy atom. The Morgan fingerprint density at radius 3 is 2.11 bits per heavy atom. The molecule has 6 heteroatoms. The van der Waals surface area contributed by atoms with E-state index in [0.717, 1.165) is 56.3 Å². The smallest absolute Gasteiger partial charge is 0.243 e. The first-order valence-electron chi connectivity index (χ1n) is 9.49. The van der Waals surface area contributed by atoms with Gasteiger partial charge in [-0.2, -0.15) is 0 Å². The van der Waals surface area contributed by atoms with E-state index in [0.29, 0.717) is 19.4 Å². The molecule has 1 rings (SSSR count). The molecule has 0 saturated heterocycles. The molecular formula is C21H31N3O3. The van der Waals surface area contributed by atoms with Crippen LogP contribution in [0.25, 0.3) is 0 Å². The number of nitrogens with zero attached hydrogens (tertiary/aromatic N) is 1. The van der Waals surface area contributed by atoms with Gasteiger partial charge in [-0.15, -0.1) is 6.42 Å². The zero-order valence-corrected chi connectivity index (χ0v) is 16.2. The Labute approximate surface area is 162 Å². The van der Waals surface area contributed by atoms with Crippen molar-refractivity contribution >= 4 is 17.5 Å². The van der Waals surface area contributed by atoms with Gasteiger partial charge in [0.25, 0.3) is 0 Å². The van der Waals surface area contributed by atoms with E-state index >= 15 is 0 Å². The quantitative estimate of drug-likeness (QED) is 0.214. The third kappa shape index (κ3) is 11.1. The molecule has 0 atom stereocenters. The van der Waals surface area contributed by atoms with E-state index in [1.807, 2.05) is 31.3 Å². The molecule has 27 heavy (non-hydrogen) atoms. The van der Waals surface area contributed by atoms with Crippen molar-refractivity contribution in [3.05, 3.63) is 29.8 Å². The third-order valence-corrected chi connectivity index (χ3v) is 4.23. The fourth-order valence-corrected chi connectivity index (χ4v) is 2.77. The van der Waals surface area contributed by atoms with Crippen LogP contribution >= 0.6 is 0 Å². The number of terminal acetylenes is 1. The van der Waals surface area contributed by atoms with Gasteiger partial charge in [-0.25, -0.2) is 5.48 Å². The largest absolute Gasteiger partial charge is 0.326 e. The molecule has 0 saturated carbocycles. The highest BCUT2D eigenvalue weighted by molar-refractivity contribution is 5.90. The maximum absolute atomic E-state index is 12.0. The summed E-state index contributed by atoms with van der Waals surface area (Å²) >= 11 is 0. The first-order valence-corrected chi connectivity index (χ1v) is 9.49. The van der Waals surface area contributed by atoms with E-state index in [-0.39, 0.29) is 11.8 Å². The zero-order chi connectivity index (χ0) is 19.9. The summed E-state index contributed by atoms with van der Waals surface area (Å²) in [7, 11) is 1.97. The van der Waals surface area contributed by atoms with Crippen molar-refractivity contribution in [2.24, 2.45) is 0 Å². The van der Waals surface area contributed by atoms with Crippen molar-refractivity contribution in [1.82, 2.24) is 10.4 Å². The van der Waals surface area contributed by atoms with Gasteiger partial charge in [-0.3, -0.25) is 19.7 Å². The van der Waals surface area contributed by atoms with E-state index < -0.39 is 0 Å². The summed E-state index contributed by atoms with van der Waals surface area (Å²) < 4.78 is 0. The number of unbranched alkanes of at least 4 members (excludes halogenated alkanes) is 5. The number of hydroxylamine groups is 1. The Balaban J connectivity index is 2.13. The van der Waals surface area contributed by atoms with Gasteiger partial charge in [-0.05, 0) is 37.6 Å². The van der Waals surface area contributed by atoms with E-state index in [4.69, 9.17) is 11.6 Å². The monoisotopic (exact) mass is 373 g/mol. The number of rotatable bonds is 13. The van der Waals surface area contributed by atoms with Crippen LogP contribution in [-0.2, 0) is 16.1 Å². The molecule has 0 aliphatic carbocycles. The van der Waals surface area contributed by atoms with Crippen molar-refractivity contribution in [1.29, 1.82) is 0 Å². The van der Waals surface area contributed by atoms with Crippen LogP contribution in [-0.4, -0.2) is 35.5 Å². The Hall–Kier alpha value is -2.36. The minimum Gasteiger partial charge on any atom is -0.326 e. The molecule has 0 bridgehead atoms. The Kier molecular flexibility index (Phi) is 11.6. The topological polar surface area (TPSA) is 81.7 Å². The van der Waals surface area contributed by atoms with Crippen LogP contribution in [0.3, 0.4) is 0 Å². The normalized spacial score (nSPS) is 10.4. The van der Waals surface area contributed by atoms with Gasteiger partial charge >= 0.3 is 0 Å². The molecule has 0 aliphatic heterocycles. The maximum atomic E-state index is 12.0. The molecular weight excluding hydrogens is 342 g/mol. The number of carbonyl (C=O) groups is 2. The molecule has 0 radical (unpaired) electrons. The Morgan fingerprint density at radius 2 is 1.56 bits per heavy atom. The van der Waals surface area contributed by atoms with Crippen molar-refractivity contribution in [3.8, 4) is 12.3 Å². The SMILES string of the molecule is C#CCN(C)Cc1ccc(NC(=O)CCCCCCCCC(=O)NO)cc1. The fourth-order valence-electron chi connectivity index (χ4n) is 2.77. The lowest BCUT2D eigenvalue weighted by atomic mass is 10.1. The van der Waals surface area contributed by atoms with Gasteiger partial charge in [0.2, 0.25) is 11.8 Å². The zero-order valence-electron chi connectivity index (χ0n) is 16.2. The second kappa shape index (κ2) is 13.8. The second-order valence-electron chi connectivity index (χ2n) is 6.78. The van der Waals surface area contributed by atoms with Crippen LogP contribution < -0.4 is 10.8 Å². The van der Waals surface area contributed by atoms with Crippen LogP contribution in [0.4, 0.5) is 5.69 Å². The summed E-state index contributed by atoms with van der Waals surface area (Å²) in [5.41, 5.74) is 3.60. The molecule has 3 N–H and O–H groups in total. The molecule has 0 aliphatic rings. The van der Waals surface area contributed by atoms with Crippen LogP contribution in [0.15, 0.2) is 24.3 Å². The standard InChI is InChI=1S/C21H31N3O3/c1-3-16-24(2)17-18-12-14-19(15-13-18)22-20(25)10-8-6-4-5-7-9-11-21(26)23-27/h1,12-15,27H,4-11,16-17H2,2H3,(H,22,25)(H,23,26). The lowest BCUT2D eigenvalue weighted by molar-refractivity contribution is -0.129. The van der Waals surface area contributed by atoms with Crippen molar-refractivity contribution in [3.63, 3.8) is 0 Å². The number of benzene rings is 1. The molecule has 1 aromatic carbocycles. The number of anilines is 1. The van der Waals surface area contributed by atoms with Crippen molar-refractivity contribution in [2.45, 2.75) is 57.9 Å². The van der Waals surface area contributed by atoms with Gasteiger partial charge in [0.1, 0.15) is 0 Å². The van der Waals surface area contributed by atoms with Gasteiger partial charge in [0, 0.05) is 25.1 Å². The second-order valence-corrected chi connectivity index (χ2v) is 6.78. The fraction of sp³-hybridized carbons (Fsp3) is 0.524. The molecule has 2 amide bonds. The lowest BCUT2D eigenvalue weighted by Gasteiger charge is -2.13. The van der Waals surface area contributed by atoms with Crippen LogP contribution in [0.1, 0.15) is 56.9 Å². The number of carbonyl (C=O) groups excluding carboxylic acids is 2. The summed E-state index contributed by atoms with van der Waals surface area (Å²) in [6, 6.07) is 7.83. The molecule has 6 nitrogen and oxygen atoms in total. The number of hydrogen-bond donors (Lipinski definition) is 3. The van der Waals surface area contributed by atoms with Crippen LogP contribution in [0, 0.1) is 12.3 Å². The molecule has 0 spiro atoms. The van der Waals surface area contributed by atoms with Gasteiger partial charge in [0.05, 0.1) is 6.54 Å². The van der Waals surface area contributed by atoms with Crippen LogP contribution in [0.2, 0.25) is 0 Å². The highest BCUT2D eigenvalue weighted by Crippen LogP contribution is 2.13. The predicted octanol–water partition coefficient (Wildman–Crippen LogP) is 3.32. The molecule has 0 unspecified atom stereocenters. The van der Waals surface area contributed by atoms with E-state index in [1.54, 1.807) is 5.48 Å². The van der Waals surface area contributed by atoms with E-state index in [1.165, 1.54) is 0 Å². The summed E-state index contributed by atoms with van der Waals surface area (Å²) in [6.07, 6.45) is 11.9. The minimum absolute atomic E-state index is 0.0341. The van der Waals surface area contributed by atoms with Gasteiger partial charge < -0.3 is 5.32 Å². The first kappa shape index (κ1) is 22.7. The highest BCUT2D eigenvalue weighted by Gasteiger charge is 2.04. The average molecular weight is 373 g/mol. The predicted molar refractivity (Wildman–Crippen MR) is 107 cm³/mol. The summed E-state index contributed by atoms with van der Waals surface area (Å²) in [5.74, 6) is 2.31. The maximum Gasteiger partial charge on any atom is 0.243 e. The third-order valence-electron chi connectivity index (χ3n) is 4.23. The number of amides is 2. The van der Waals surface area contributed by atoms with Crippen molar-refractivity contribution in [2.75, 3.05) is 18.9 Å². The van der Waals surface area contributed by atoms with Crippen LogP contribution in [0.5, 0.6) is 0 Å². The molecule has 1 aromatic rings. The van der Waals surface area contributed by atoms with E-state index in [2.05, 4.69) is 16.1 Å². The number of nitrogens with one attached hydrogen (secondary N) is 2.